The molecule has 0 aliphatic carbocycles. The molecule has 0 radical (unpaired) electrons. The molecule has 0 saturated carbocycles. The van der Waals surface area contributed by atoms with Gasteiger partial charge < -0.3 is 10.2 Å². The lowest BCUT2D eigenvalue weighted by Crippen LogP contribution is -2.38. The Kier molecular flexibility index (Phi) is 4.16. The lowest BCUT2D eigenvalue weighted by molar-refractivity contribution is 0.342. The summed E-state index contributed by atoms with van der Waals surface area (Å²) in [7, 11) is 0. The second kappa shape index (κ2) is 6.65. The van der Waals surface area contributed by atoms with Crippen LogP contribution in [0.4, 0.5) is 0 Å². The predicted molar refractivity (Wildman–Crippen MR) is 105 cm³/mol. The van der Waals surface area contributed by atoms with E-state index >= 15 is 0 Å². The van der Waals surface area contributed by atoms with E-state index in [-0.39, 0.29) is 11.8 Å². The zero-order valence-electron chi connectivity index (χ0n) is 14.9. The fourth-order valence-electron chi connectivity index (χ4n) is 3.61. The van der Waals surface area contributed by atoms with E-state index in [1.165, 1.54) is 4.68 Å². The Morgan fingerprint density at radius 1 is 0.667 bits per heavy atom. The Morgan fingerprint density at radius 3 is 1.33 bits per heavy atom. The topological polar surface area (TPSA) is 58.3 Å². The van der Waals surface area contributed by atoms with E-state index in [1.807, 2.05) is 91.0 Å². The number of hydrogen-bond donors (Lipinski definition) is 2. The van der Waals surface area contributed by atoms with Crippen molar-refractivity contribution in [1.82, 2.24) is 9.78 Å². The minimum absolute atomic E-state index is 0.0657. The van der Waals surface area contributed by atoms with Crippen molar-refractivity contribution in [2.24, 2.45) is 0 Å². The third-order valence-corrected chi connectivity index (χ3v) is 4.96. The maximum absolute atomic E-state index is 10.9. The fraction of sp³-hybridized carbons (Fsp3) is 0.0870. The van der Waals surface area contributed by atoms with Crippen LogP contribution in [0, 0.1) is 6.92 Å². The van der Waals surface area contributed by atoms with Crippen molar-refractivity contribution in [2.75, 3.05) is 0 Å². The summed E-state index contributed by atoms with van der Waals surface area (Å²) in [4.78, 5) is 0. The molecule has 0 fully saturated rings. The Bertz CT molecular complexity index is 945. The molecule has 0 amide bonds. The van der Waals surface area contributed by atoms with Gasteiger partial charge >= 0.3 is 0 Å². The molecule has 0 aliphatic rings. The first-order chi connectivity index (χ1) is 13.2. The summed E-state index contributed by atoms with van der Waals surface area (Å²) in [6.07, 6.45) is 0. The summed E-state index contributed by atoms with van der Waals surface area (Å²) >= 11 is 0. The van der Waals surface area contributed by atoms with E-state index in [0.29, 0.717) is 5.56 Å². The van der Waals surface area contributed by atoms with Crippen molar-refractivity contribution in [3.05, 3.63) is 113 Å². The minimum Gasteiger partial charge on any atom is -0.493 e. The quantitative estimate of drug-likeness (QED) is 0.531. The highest BCUT2D eigenvalue weighted by Crippen LogP contribution is 2.44. The van der Waals surface area contributed by atoms with Crippen LogP contribution in [0.15, 0.2) is 91.0 Å². The van der Waals surface area contributed by atoms with Crippen molar-refractivity contribution in [3.8, 4) is 11.8 Å². The van der Waals surface area contributed by atoms with Gasteiger partial charge in [-0.25, -0.2) is 4.68 Å². The Hall–Kier alpha value is -3.53. The zero-order chi connectivity index (χ0) is 18.9. The van der Waals surface area contributed by atoms with Crippen LogP contribution in [-0.4, -0.2) is 20.0 Å². The van der Waals surface area contributed by atoms with Crippen LogP contribution in [0.5, 0.6) is 11.8 Å². The van der Waals surface area contributed by atoms with Crippen LogP contribution in [-0.2, 0) is 5.54 Å². The lowest BCUT2D eigenvalue weighted by Gasteiger charge is -2.36. The molecule has 4 nitrogen and oxygen atoms in total. The molecule has 0 bridgehead atoms. The fourth-order valence-corrected chi connectivity index (χ4v) is 3.61. The van der Waals surface area contributed by atoms with E-state index in [4.69, 9.17) is 0 Å². The molecule has 2 N–H and O–H groups in total. The van der Waals surface area contributed by atoms with E-state index in [9.17, 15) is 10.2 Å². The standard InChI is InChI=1S/C23H20N2O2/c1-17-21(26)24-25(22(17)27)23(18-11-5-2-6-12-18,19-13-7-3-8-14-19)20-15-9-4-10-16-20/h2-16,27H,1H3,(H,24,26). The van der Waals surface area contributed by atoms with Crippen LogP contribution >= 0.6 is 0 Å². The smallest absolute Gasteiger partial charge is 0.237 e. The number of aromatic hydroxyl groups is 2. The predicted octanol–water partition coefficient (Wildman–Crippen LogP) is 4.44. The Labute approximate surface area is 158 Å². The van der Waals surface area contributed by atoms with Crippen LogP contribution < -0.4 is 0 Å². The van der Waals surface area contributed by atoms with Gasteiger partial charge in [0.25, 0.3) is 0 Å². The molecule has 1 heterocycles. The largest absolute Gasteiger partial charge is 0.493 e. The average Bonchev–Trinajstić information content (AvgIpc) is 2.99. The summed E-state index contributed by atoms with van der Waals surface area (Å²) in [6.45, 7) is 1.65. The maximum Gasteiger partial charge on any atom is 0.237 e. The number of benzene rings is 3. The Morgan fingerprint density at radius 2 is 1.04 bits per heavy atom. The summed E-state index contributed by atoms with van der Waals surface area (Å²) in [5.41, 5.74) is 2.21. The first kappa shape index (κ1) is 16.9. The third-order valence-electron chi connectivity index (χ3n) is 4.96. The first-order valence-corrected chi connectivity index (χ1v) is 8.80. The second-order valence-corrected chi connectivity index (χ2v) is 6.49. The van der Waals surface area contributed by atoms with Gasteiger partial charge in [-0.15, -0.1) is 5.10 Å². The van der Waals surface area contributed by atoms with Crippen molar-refractivity contribution >= 4 is 0 Å². The maximum atomic E-state index is 10.9. The highest BCUT2D eigenvalue weighted by atomic mass is 16.3. The van der Waals surface area contributed by atoms with Crippen molar-refractivity contribution in [3.63, 3.8) is 0 Å². The molecule has 0 unspecified atom stereocenters. The van der Waals surface area contributed by atoms with Gasteiger partial charge in [-0.05, 0) is 23.6 Å². The van der Waals surface area contributed by atoms with E-state index in [1.54, 1.807) is 6.92 Å². The van der Waals surface area contributed by atoms with Crippen molar-refractivity contribution in [1.29, 1.82) is 0 Å². The summed E-state index contributed by atoms with van der Waals surface area (Å²) in [5, 5.41) is 25.4. The van der Waals surface area contributed by atoms with Gasteiger partial charge in [-0.3, -0.25) is 0 Å². The van der Waals surface area contributed by atoms with Crippen LogP contribution in [0.25, 0.3) is 0 Å². The lowest BCUT2D eigenvalue weighted by atomic mass is 9.77. The van der Waals surface area contributed by atoms with Gasteiger partial charge in [0.1, 0.15) is 5.54 Å². The monoisotopic (exact) mass is 356 g/mol. The molecule has 0 saturated heterocycles. The number of nitrogens with zero attached hydrogens (tertiary/aromatic N) is 2. The van der Waals surface area contributed by atoms with E-state index in [0.717, 1.165) is 16.7 Å². The summed E-state index contributed by atoms with van der Waals surface area (Å²) in [5.74, 6) is -0.247. The van der Waals surface area contributed by atoms with E-state index in [2.05, 4.69) is 5.10 Å². The molecule has 0 aliphatic heterocycles. The zero-order valence-corrected chi connectivity index (χ0v) is 14.9. The SMILES string of the molecule is Cc1c(O)nn(C(c2ccccc2)(c2ccccc2)c2ccccc2)c1O. The molecule has 3 aromatic carbocycles. The molecule has 4 heteroatoms. The second-order valence-electron chi connectivity index (χ2n) is 6.49. The number of aromatic nitrogens is 2. The molecule has 134 valence electrons. The number of rotatable bonds is 4. The number of hydrogen-bond acceptors (Lipinski definition) is 3. The van der Waals surface area contributed by atoms with Gasteiger partial charge in [0.2, 0.25) is 11.8 Å². The van der Waals surface area contributed by atoms with Crippen LogP contribution in [0.3, 0.4) is 0 Å². The summed E-state index contributed by atoms with van der Waals surface area (Å²) < 4.78 is 1.51. The molecular formula is C23H20N2O2. The molecule has 4 rings (SSSR count). The van der Waals surface area contributed by atoms with Gasteiger partial charge in [-0.1, -0.05) is 91.0 Å². The van der Waals surface area contributed by atoms with Crippen molar-refractivity contribution < 1.29 is 10.2 Å². The molecule has 1 aromatic heterocycles. The molecule has 4 aromatic rings. The molecule has 0 atom stereocenters. The highest BCUT2D eigenvalue weighted by molar-refractivity contribution is 5.52. The molecule has 27 heavy (non-hydrogen) atoms. The third kappa shape index (κ3) is 2.57. The van der Waals surface area contributed by atoms with Gasteiger partial charge in [0.15, 0.2) is 0 Å². The van der Waals surface area contributed by atoms with Crippen molar-refractivity contribution in [2.45, 2.75) is 12.5 Å². The summed E-state index contributed by atoms with van der Waals surface area (Å²) in [6, 6.07) is 29.7. The first-order valence-electron chi connectivity index (χ1n) is 8.80. The van der Waals surface area contributed by atoms with Crippen LogP contribution in [0.1, 0.15) is 22.3 Å². The normalized spacial score (nSPS) is 11.4. The minimum atomic E-state index is -0.931. The van der Waals surface area contributed by atoms with E-state index < -0.39 is 5.54 Å². The van der Waals surface area contributed by atoms with Gasteiger partial charge in [0.05, 0.1) is 5.56 Å². The molecular weight excluding hydrogens is 336 g/mol. The Balaban J connectivity index is 2.18. The van der Waals surface area contributed by atoms with Crippen LogP contribution in [0.2, 0.25) is 0 Å². The van der Waals surface area contributed by atoms with Gasteiger partial charge in [-0.2, -0.15) is 0 Å². The molecule has 0 spiro atoms. The highest BCUT2D eigenvalue weighted by Gasteiger charge is 2.42. The van der Waals surface area contributed by atoms with Gasteiger partial charge in [0, 0.05) is 0 Å². The average molecular weight is 356 g/mol.